The van der Waals surface area contributed by atoms with Crippen LogP contribution in [0.3, 0.4) is 0 Å². The van der Waals surface area contributed by atoms with Gasteiger partial charge in [-0.3, -0.25) is 14.2 Å². The van der Waals surface area contributed by atoms with Gasteiger partial charge in [0, 0.05) is 28.7 Å². The Balaban J connectivity index is 1.78. The van der Waals surface area contributed by atoms with E-state index in [9.17, 15) is 23.2 Å². The fraction of sp³-hybridized carbons (Fsp3) is 0.233. The molecule has 0 saturated carbocycles. The van der Waals surface area contributed by atoms with E-state index in [1.165, 1.54) is 37.0 Å². The highest BCUT2D eigenvalue weighted by Gasteiger charge is 2.25. The molecule has 0 saturated heterocycles. The van der Waals surface area contributed by atoms with Gasteiger partial charge in [0.1, 0.15) is 16.5 Å². The molecular formula is C30H29F2N7O5S. The minimum absolute atomic E-state index is 0.0773. The van der Waals surface area contributed by atoms with Gasteiger partial charge in [-0.25, -0.2) is 28.4 Å². The molecule has 5 rings (SSSR count). The molecular weight excluding hydrogens is 608 g/mol. The van der Waals surface area contributed by atoms with Crippen LogP contribution < -0.4 is 26.8 Å². The number of hydrogen-bond donors (Lipinski definition) is 2. The number of halogens is 2. The molecule has 0 unspecified atom stereocenters. The first-order valence-electron chi connectivity index (χ1n) is 13.6. The molecule has 12 nitrogen and oxygen atoms in total. The Morgan fingerprint density at radius 2 is 1.69 bits per heavy atom. The van der Waals surface area contributed by atoms with Crippen molar-refractivity contribution in [3.05, 3.63) is 98.2 Å². The third kappa shape index (κ3) is 6.45. The van der Waals surface area contributed by atoms with Gasteiger partial charge in [0.25, 0.3) is 5.56 Å². The molecule has 0 fully saturated rings. The number of methoxy groups -OCH3 is 1. The van der Waals surface area contributed by atoms with Gasteiger partial charge in [0.05, 0.1) is 26.2 Å². The zero-order valence-corrected chi connectivity index (χ0v) is 25.6. The molecule has 2 aromatic carbocycles. The van der Waals surface area contributed by atoms with E-state index >= 15 is 0 Å². The number of rotatable bonds is 10. The van der Waals surface area contributed by atoms with Crippen LogP contribution in [0.1, 0.15) is 11.1 Å². The van der Waals surface area contributed by atoms with Crippen LogP contribution in [0.2, 0.25) is 0 Å². The highest BCUT2D eigenvalue weighted by molar-refractivity contribution is 7.22. The molecule has 15 heteroatoms. The van der Waals surface area contributed by atoms with Gasteiger partial charge in [-0.2, -0.15) is 0 Å². The number of hydrogen-bond acceptors (Lipinski definition) is 9. The molecule has 0 bridgehead atoms. The molecule has 2 N–H and O–H groups in total. The number of carbonyl (C=O) groups excluding carboxylic acids is 1. The Morgan fingerprint density at radius 3 is 2.29 bits per heavy atom. The first kappa shape index (κ1) is 31.4. The van der Waals surface area contributed by atoms with Gasteiger partial charge in [0.2, 0.25) is 5.88 Å². The predicted molar refractivity (Wildman–Crippen MR) is 166 cm³/mol. The Morgan fingerprint density at radius 1 is 0.978 bits per heavy atom. The molecule has 0 spiro atoms. The van der Waals surface area contributed by atoms with Crippen LogP contribution in [0.25, 0.3) is 26.5 Å². The van der Waals surface area contributed by atoms with Crippen molar-refractivity contribution in [2.24, 2.45) is 0 Å². The number of urea groups is 1. The molecule has 0 aliphatic rings. The van der Waals surface area contributed by atoms with Crippen LogP contribution in [-0.2, 0) is 17.8 Å². The first-order valence-corrected chi connectivity index (χ1v) is 14.4. The largest absolute Gasteiger partial charge is 0.480 e. The van der Waals surface area contributed by atoms with E-state index in [1.807, 2.05) is 19.0 Å². The number of nitrogens with zero attached hydrogens (tertiary/aromatic N) is 5. The van der Waals surface area contributed by atoms with Crippen molar-refractivity contribution in [1.82, 2.24) is 29.7 Å². The zero-order chi connectivity index (χ0) is 32.2. The smallest absolute Gasteiger partial charge is 0.343 e. The topological polar surface area (TPSA) is 133 Å². The van der Waals surface area contributed by atoms with E-state index in [2.05, 4.69) is 25.8 Å². The van der Waals surface area contributed by atoms with Crippen LogP contribution in [0, 0.1) is 11.6 Å². The predicted octanol–water partition coefficient (Wildman–Crippen LogP) is 3.79. The fourth-order valence-corrected chi connectivity index (χ4v) is 6.09. The van der Waals surface area contributed by atoms with Gasteiger partial charge in [-0.1, -0.05) is 18.2 Å². The van der Waals surface area contributed by atoms with Crippen LogP contribution in [0.5, 0.6) is 5.88 Å². The number of nitrogens with one attached hydrogen (secondary N) is 2. The van der Waals surface area contributed by atoms with Gasteiger partial charge in [0.15, 0.2) is 5.82 Å². The minimum atomic E-state index is -0.842. The molecule has 0 radical (unpaired) electrons. The number of aromatic nitrogens is 4. The summed E-state index contributed by atoms with van der Waals surface area (Å²) in [5, 5.41) is 10.8. The highest BCUT2D eigenvalue weighted by Crippen LogP contribution is 2.38. The Kier molecular flexibility index (Phi) is 9.32. The molecule has 3 heterocycles. The molecule has 3 aromatic heterocycles. The summed E-state index contributed by atoms with van der Waals surface area (Å²) in [6.45, 7) is 0.0702. The molecule has 2 amide bonds. The van der Waals surface area contributed by atoms with Crippen molar-refractivity contribution in [3.8, 4) is 22.1 Å². The quantitative estimate of drug-likeness (QED) is 0.221. The standard InChI is InChI=1S/C30H29F2N7O5S/c1-37(2)15-14-19-25-27(40)39(23-12-13-24(43-3)35-34-23)30(42)38(16-20-21(31)6-5-7-22(20)32)28(25)45-26(19)17-8-10-18(11-9-17)33-29(41)36-44-4/h5-13H,14-16H2,1-4H3,(H2,33,36,41). The Labute approximate surface area is 259 Å². The number of likely N-dealkylation sites (N-methyl/N-ethyl adjacent to an activating group) is 1. The van der Waals surface area contributed by atoms with Gasteiger partial charge in [-0.15, -0.1) is 21.5 Å². The summed E-state index contributed by atoms with van der Waals surface area (Å²) in [5.41, 5.74) is 2.18. The van der Waals surface area contributed by atoms with Crippen LogP contribution in [-0.4, -0.2) is 65.1 Å². The van der Waals surface area contributed by atoms with Crippen LogP contribution in [0.4, 0.5) is 19.3 Å². The van der Waals surface area contributed by atoms with E-state index in [-0.39, 0.29) is 27.5 Å². The first-order chi connectivity index (χ1) is 21.6. The van der Waals surface area contributed by atoms with E-state index < -0.39 is 35.5 Å². The maximum absolute atomic E-state index is 14.9. The summed E-state index contributed by atoms with van der Waals surface area (Å²) in [7, 11) is 6.50. The average Bonchev–Trinajstić information content (AvgIpc) is 3.40. The molecule has 234 valence electrons. The zero-order valence-electron chi connectivity index (χ0n) is 24.8. The van der Waals surface area contributed by atoms with E-state index in [1.54, 1.807) is 24.3 Å². The average molecular weight is 638 g/mol. The highest BCUT2D eigenvalue weighted by atomic mass is 32.1. The fourth-order valence-electron chi connectivity index (χ4n) is 4.75. The maximum Gasteiger partial charge on any atom is 0.343 e. The molecule has 5 aromatic rings. The number of anilines is 1. The lowest BCUT2D eigenvalue weighted by Crippen LogP contribution is -2.39. The van der Waals surface area contributed by atoms with Crippen molar-refractivity contribution in [2.45, 2.75) is 13.0 Å². The van der Waals surface area contributed by atoms with Gasteiger partial charge >= 0.3 is 11.7 Å². The number of fused-ring (bicyclic) bond motifs is 1. The molecule has 0 atom stereocenters. The minimum Gasteiger partial charge on any atom is -0.480 e. The van der Waals surface area contributed by atoms with Crippen molar-refractivity contribution in [2.75, 3.05) is 40.2 Å². The summed E-state index contributed by atoms with van der Waals surface area (Å²) in [6, 6.07) is 12.6. The van der Waals surface area contributed by atoms with Crippen molar-refractivity contribution < 1.29 is 23.1 Å². The van der Waals surface area contributed by atoms with E-state index in [0.717, 1.165) is 28.0 Å². The summed E-state index contributed by atoms with van der Waals surface area (Å²) >= 11 is 1.16. The lowest BCUT2D eigenvalue weighted by Gasteiger charge is -2.14. The van der Waals surface area contributed by atoms with Crippen molar-refractivity contribution in [3.63, 3.8) is 0 Å². The Hall–Kier alpha value is -4.99. The number of hydroxylamine groups is 1. The van der Waals surface area contributed by atoms with Crippen molar-refractivity contribution >= 4 is 33.3 Å². The molecule has 45 heavy (non-hydrogen) atoms. The monoisotopic (exact) mass is 637 g/mol. The lowest BCUT2D eigenvalue weighted by atomic mass is 10.0. The second-order valence-corrected chi connectivity index (χ2v) is 11.1. The number of amides is 2. The van der Waals surface area contributed by atoms with E-state index in [4.69, 9.17) is 4.74 Å². The van der Waals surface area contributed by atoms with Crippen LogP contribution >= 0.6 is 11.3 Å². The maximum atomic E-state index is 14.9. The second kappa shape index (κ2) is 13.3. The Bertz CT molecular complexity index is 1950. The van der Waals surface area contributed by atoms with Gasteiger partial charge < -0.3 is 15.0 Å². The summed E-state index contributed by atoms with van der Waals surface area (Å²) in [5.74, 6) is -1.57. The summed E-state index contributed by atoms with van der Waals surface area (Å²) in [6.07, 6.45) is 0.411. The summed E-state index contributed by atoms with van der Waals surface area (Å²) in [4.78, 5) is 47.6. The normalized spacial score (nSPS) is 11.3. The number of thiophene rings is 1. The SMILES string of the molecule is CONC(=O)Nc1ccc(-c2sc3c(c2CCN(C)C)c(=O)n(-c2ccc(OC)nn2)c(=O)n3Cc2c(F)cccc2F)cc1. The number of carbonyl (C=O) groups is 1. The number of benzene rings is 2. The number of ether oxygens (including phenoxy) is 1. The van der Waals surface area contributed by atoms with E-state index in [0.29, 0.717) is 34.7 Å². The third-order valence-corrected chi connectivity index (χ3v) is 8.23. The van der Waals surface area contributed by atoms with Gasteiger partial charge in [-0.05, 0) is 62.0 Å². The molecule has 0 aliphatic carbocycles. The summed E-state index contributed by atoms with van der Waals surface area (Å²) < 4.78 is 36.9. The third-order valence-electron chi connectivity index (χ3n) is 6.92. The van der Waals surface area contributed by atoms with Crippen LogP contribution in [0.15, 0.2) is 64.2 Å². The molecule has 0 aliphatic heterocycles. The van der Waals surface area contributed by atoms with Crippen molar-refractivity contribution in [1.29, 1.82) is 0 Å². The second-order valence-electron chi connectivity index (χ2n) is 10.1. The lowest BCUT2D eigenvalue weighted by molar-refractivity contribution is 0.114.